The predicted octanol–water partition coefficient (Wildman–Crippen LogP) is 2.23. The Morgan fingerprint density at radius 2 is 2.00 bits per heavy atom. The highest BCUT2D eigenvalue weighted by Crippen LogP contribution is 2.16. The highest BCUT2D eigenvalue weighted by Gasteiger charge is 2.05. The van der Waals surface area contributed by atoms with E-state index in [1.54, 1.807) is 0 Å². The van der Waals surface area contributed by atoms with Crippen LogP contribution in [0.15, 0.2) is 12.3 Å². The standard InChI is InChI=1S/C11H19N3/c1-7(2)14-11-8(3)5-10(6-13-11)9(4)12/h5-7,9H,12H2,1-4H3,(H,13,14)/t9-/m1/s1. The second-order valence-corrected chi connectivity index (χ2v) is 4.02. The van der Waals surface area contributed by atoms with E-state index in [1.165, 1.54) is 0 Å². The van der Waals surface area contributed by atoms with Crippen molar-refractivity contribution in [2.75, 3.05) is 5.32 Å². The van der Waals surface area contributed by atoms with Crippen LogP contribution in [0.3, 0.4) is 0 Å². The third-order valence-electron chi connectivity index (χ3n) is 2.05. The molecule has 1 aromatic rings. The largest absolute Gasteiger partial charge is 0.368 e. The van der Waals surface area contributed by atoms with Crippen LogP contribution in [-0.2, 0) is 0 Å². The lowest BCUT2D eigenvalue weighted by molar-refractivity contribution is 0.807. The summed E-state index contributed by atoms with van der Waals surface area (Å²) in [6.45, 7) is 8.21. The maximum atomic E-state index is 5.77. The maximum Gasteiger partial charge on any atom is 0.129 e. The van der Waals surface area contributed by atoms with Crippen LogP contribution in [0.5, 0.6) is 0 Å². The molecule has 0 fully saturated rings. The molecule has 3 N–H and O–H groups in total. The van der Waals surface area contributed by atoms with E-state index in [2.05, 4.69) is 30.2 Å². The van der Waals surface area contributed by atoms with E-state index in [1.807, 2.05) is 20.0 Å². The summed E-state index contributed by atoms with van der Waals surface area (Å²) in [5.74, 6) is 0.949. The second-order valence-electron chi connectivity index (χ2n) is 4.02. The quantitative estimate of drug-likeness (QED) is 0.774. The summed E-state index contributed by atoms with van der Waals surface area (Å²) in [6, 6.07) is 2.54. The van der Waals surface area contributed by atoms with Crippen molar-refractivity contribution < 1.29 is 0 Å². The van der Waals surface area contributed by atoms with Crippen LogP contribution in [0.2, 0.25) is 0 Å². The molecule has 0 saturated carbocycles. The first-order valence-electron chi connectivity index (χ1n) is 4.99. The number of aromatic nitrogens is 1. The molecule has 0 aliphatic carbocycles. The van der Waals surface area contributed by atoms with Gasteiger partial charge in [-0.3, -0.25) is 0 Å². The summed E-state index contributed by atoms with van der Waals surface area (Å²) in [5, 5.41) is 3.29. The van der Waals surface area contributed by atoms with Crippen molar-refractivity contribution in [3.05, 3.63) is 23.4 Å². The molecule has 0 spiro atoms. The van der Waals surface area contributed by atoms with Gasteiger partial charge in [0.15, 0.2) is 0 Å². The molecule has 0 saturated heterocycles. The molecule has 1 rings (SSSR count). The Bertz CT molecular complexity index is 305. The van der Waals surface area contributed by atoms with Crippen LogP contribution < -0.4 is 11.1 Å². The molecule has 0 unspecified atom stereocenters. The normalized spacial score (nSPS) is 13.0. The topological polar surface area (TPSA) is 50.9 Å². The molecule has 0 aliphatic rings. The van der Waals surface area contributed by atoms with E-state index in [0.717, 1.165) is 16.9 Å². The van der Waals surface area contributed by atoms with E-state index in [4.69, 9.17) is 5.73 Å². The van der Waals surface area contributed by atoms with Crippen LogP contribution in [0.4, 0.5) is 5.82 Å². The van der Waals surface area contributed by atoms with Gasteiger partial charge < -0.3 is 11.1 Å². The fraction of sp³-hybridized carbons (Fsp3) is 0.545. The summed E-state index contributed by atoms with van der Waals surface area (Å²) < 4.78 is 0. The highest BCUT2D eigenvalue weighted by atomic mass is 15.0. The first-order chi connectivity index (χ1) is 6.50. The fourth-order valence-electron chi connectivity index (χ4n) is 1.27. The smallest absolute Gasteiger partial charge is 0.129 e. The van der Waals surface area contributed by atoms with Gasteiger partial charge in [-0.05, 0) is 44.9 Å². The minimum atomic E-state index is 0.0503. The van der Waals surface area contributed by atoms with E-state index in [0.29, 0.717) is 6.04 Å². The molecule has 3 nitrogen and oxygen atoms in total. The van der Waals surface area contributed by atoms with Gasteiger partial charge in [-0.1, -0.05) is 0 Å². The molecule has 3 heteroatoms. The Labute approximate surface area is 85.7 Å². The van der Waals surface area contributed by atoms with Crippen molar-refractivity contribution in [1.29, 1.82) is 0 Å². The number of nitrogens with two attached hydrogens (primary N) is 1. The number of aryl methyl sites for hydroxylation is 1. The van der Waals surface area contributed by atoms with E-state index in [9.17, 15) is 0 Å². The van der Waals surface area contributed by atoms with Gasteiger partial charge in [-0.15, -0.1) is 0 Å². The average molecular weight is 193 g/mol. The molecule has 1 heterocycles. The minimum Gasteiger partial charge on any atom is -0.368 e. The molecule has 1 aromatic heterocycles. The summed E-state index contributed by atoms with van der Waals surface area (Å²) in [4.78, 5) is 4.35. The van der Waals surface area contributed by atoms with Crippen molar-refractivity contribution in [2.45, 2.75) is 39.8 Å². The van der Waals surface area contributed by atoms with E-state index in [-0.39, 0.29) is 6.04 Å². The third-order valence-corrected chi connectivity index (χ3v) is 2.05. The molecule has 0 amide bonds. The average Bonchev–Trinajstić information content (AvgIpc) is 2.07. The fourth-order valence-corrected chi connectivity index (χ4v) is 1.27. The van der Waals surface area contributed by atoms with Crippen molar-refractivity contribution in [3.8, 4) is 0 Å². The summed E-state index contributed by atoms with van der Waals surface area (Å²) in [5.41, 5.74) is 8.00. The third kappa shape index (κ3) is 2.70. The SMILES string of the molecule is Cc1cc([C@@H](C)N)cnc1NC(C)C. The molecular weight excluding hydrogens is 174 g/mol. The number of hydrogen-bond acceptors (Lipinski definition) is 3. The van der Waals surface area contributed by atoms with Crippen LogP contribution in [0.25, 0.3) is 0 Å². The molecule has 0 radical (unpaired) electrons. The zero-order valence-corrected chi connectivity index (χ0v) is 9.33. The number of nitrogens with one attached hydrogen (secondary N) is 1. The number of anilines is 1. The van der Waals surface area contributed by atoms with Crippen molar-refractivity contribution >= 4 is 5.82 Å². The number of hydrogen-bond donors (Lipinski definition) is 2. The van der Waals surface area contributed by atoms with Gasteiger partial charge in [0.05, 0.1) is 0 Å². The van der Waals surface area contributed by atoms with Gasteiger partial charge in [-0.25, -0.2) is 4.98 Å². The summed E-state index contributed by atoms with van der Waals surface area (Å²) in [6.07, 6.45) is 1.84. The monoisotopic (exact) mass is 193 g/mol. The van der Waals surface area contributed by atoms with Crippen molar-refractivity contribution in [3.63, 3.8) is 0 Å². The van der Waals surface area contributed by atoms with Gasteiger partial charge in [0, 0.05) is 18.3 Å². The first kappa shape index (κ1) is 11.0. The summed E-state index contributed by atoms with van der Waals surface area (Å²) >= 11 is 0. The highest BCUT2D eigenvalue weighted by molar-refractivity contribution is 5.45. The Morgan fingerprint density at radius 3 is 2.43 bits per heavy atom. The molecule has 0 bridgehead atoms. The molecule has 0 aliphatic heterocycles. The zero-order chi connectivity index (χ0) is 10.7. The second kappa shape index (κ2) is 4.42. The van der Waals surface area contributed by atoms with Gasteiger partial charge in [0.2, 0.25) is 0 Å². The van der Waals surface area contributed by atoms with E-state index >= 15 is 0 Å². The molecular formula is C11H19N3. The lowest BCUT2D eigenvalue weighted by atomic mass is 10.1. The van der Waals surface area contributed by atoms with Gasteiger partial charge >= 0.3 is 0 Å². The molecule has 14 heavy (non-hydrogen) atoms. The van der Waals surface area contributed by atoms with Gasteiger partial charge in [-0.2, -0.15) is 0 Å². The van der Waals surface area contributed by atoms with Crippen molar-refractivity contribution in [2.24, 2.45) is 5.73 Å². The summed E-state index contributed by atoms with van der Waals surface area (Å²) in [7, 11) is 0. The number of pyridine rings is 1. The lowest BCUT2D eigenvalue weighted by Gasteiger charge is -2.13. The number of rotatable bonds is 3. The Balaban J connectivity index is 2.90. The Morgan fingerprint density at radius 1 is 1.36 bits per heavy atom. The molecule has 0 aromatic carbocycles. The molecule has 78 valence electrons. The Hall–Kier alpha value is -1.09. The maximum absolute atomic E-state index is 5.77. The van der Waals surface area contributed by atoms with Crippen LogP contribution >= 0.6 is 0 Å². The van der Waals surface area contributed by atoms with Gasteiger partial charge in [0.25, 0.3) is 0 Å². The predicted molar refractivity (Wildman–Crippen MR) is 60.3 cm³/mol. The molecule has 1 atom stereocenters. The van der Waals surface area contributed by atoms with Crippen LogP contribution in [-0.4, -0.2) is 11.0 Å². The van der Waals surface area contributed by atoms with Gasteiger partial charge in [0.1, 0.15) is 5.82 Å². The Kier molecular flexibility index (Phi) is 3.47. The van der Waals surface area contributed by atoms with E-state index < -0.39 is 0 Å². The minimum absolute atomic E-state index is 0.0503. The first-order valence-corrected chi connectivity index (χ1v) is 4.99. The zero-order valence-electron chi connectivity index (χ0n) is 9.33. The number of nitrogens with zero attached hydrogens (tertiary/aromatic N) is 1. The van der Waals surface area contributed by atoms with Crippen LogP contribution in [0, 0.1) is 6.92 Å². The van der Waals surface area contributed by atoms with Crippen molar-refractivity contribution in [1.82, 2.24) is 4.98 Å². The lowest BCUT2D eigenvalue weighted by Crippen LogP contribution is -2.13. The van der Waals surface area contributed by atoms with Crippen LogP contribution in [0.1, 0.15) is 37.9 Å².